The summed E-state index contributed by atoms with van der Waals surface area (Å²) in [5, 5.41) is 0. The number of benzene rings is 2. The summed E-state index contributed by atoms with van der Waals surface area (Å²) in [4.78, 5) is 4.33. The molecule has 0 bridgehead atoms. The zero-order valence-electron chi connectivity index (χ0n) is 9.77. The van der Waals surface area contributed by atoms with Gasteiger partial charge in [-0.15, -0.1) is 0 Å². The van der Waals surface area contributed by atoms with Crippen molar-refractivity contribution in [3.63, 3.8) is 0 Å². The Morgan fingerprint density at radius 1 is 1.17 bits per heavy atom. The second-order valence-corrected chi connectivity index (χ2v) is 4.21. The van der Waals surface area contributed by atoms with Gasteiger partial charge < -0.3 is 10.2 Å². The molecule has 1 heterocycles. The fourth-order valence-electron chi connectivity index (χ4n) is 1.88. The largest absolute Gasteiger partial charge is 0.436 e. The van der Waals surface area contributed by atoms with E-state index in [9.17, 15) is 4.39 Å². The molecule has 2 aromatic carbocycles. The lowest BCUT2D eigenvalue weighted by atomic mass is 10.1. The number of aryl methyl sites for hydroxylation is 1. The zero-order valence-corrected chi connectivity index (χ0v) is 9.77. The molecule has 0 atom stereocenters. The van der Waals surface area contributed by atoms with Gasteiger partial charge in [0.1, 0.15) is 11.3 Å². The first-order chi connectivity index (χ1) is 8.63. The lowest BCUT2D eigenvalue weighted by molar-refractivity contribution is 0.610. The number of hydrogen-bond acceptors (Lipinski definition) is 3. The first-order valence-corrected chi connectivity index (χ1v) is 5.56. The van der Waals surface area contributed by atoms with Crippen molar-refractivity contribution in [2.24, 2.45) is 0 Å². The number of rotatable bonds is 1. The number of anilines is 1. The molecule has 4 heteroatoms. The maximum absolute atomic E-state index is 13.3. The Labute approximate surface area is 103 Å². The Morgan fingerprint density at radius 3 is 2.83 bits per heavy atom. The Balaban J connectivity index is 2.22. The molecule has 0 aliphatic carbocycles. The van der Waals surface area contributed by atoms with Crippen LogP contribution in [0.2, 0.25) is 0 Å². The fraction of sp³-hybridized carbons (Fsp3) is 0.0714. The number of fused-ring (bicyclic) bond motifs is 1. The predicted molar refractivity (Wildman–Crippen MR) is 68.6 cm³/mol. The van der Waals surface area contributed by atoms with Crippen LogP contribution in [0.4, 0.5) is 10.1 Å². The molecule has 3 rings (SSSR count). The molecular weight excluding hydrogens is 231 g/mol. The van der Waals surface area contributed by atoms with E-state index in [-0.39, 0.29) is 5.82 Å². The van der Waals surface area contributed by atoms with Crippen LogP contribution < -0.4 is 5.73 Å². The first kappa shape index (κ1) is 10.8. The Morgan fingerprint density at radius 2 is 2.00 bits per heavy atom. The lowest BCUT2D eigenvalue weighted by Gasteiger charge is -2.00. The van der Waals surface area contributed by atoms with Crippen molar-refractivity contribution in [2.45, 2.75) is 6.92 Å². The van der Waals surface area contributed by atoms with Crippen LogP contribution in [0.1, 0.15) is 5.56 Å². The molecule has 0 fully saturated rings. The number of nitrogens with two attached hydrogens (primary N) is 1. The van der Waals surface area contributed by atoms with E-state index in [1.807, 2.05) is 6.92 Å². The molecule has 0 amide bonds. The van der Waals surface area contributed by atoms with E-state index in [1.165, 1.54) is 12.1 Å². The average Bonchev–Trinajstić information content (AvgIpc) is 2.74. The van der Waals surface area contributed by atoms with Crippen LogP contribution in [0.3, 0.4) is 0 Å². The number of halogens is 1. The second-order valence-electron chi connectivity index (χ2n) is 4.21. The van der Waals surface area contributed by atoms with E-state index in [0.29, 0.717) is 28.2 Å². The summed E-state index contributed by atoms with van der Waals surface area (Å²) in [6, 6.07) is 9.78. The standard InChI is InChI=1S/C14H11FN2O/c1-8-2-3-9(15)6-11(8)14-17-12-7-10(16)4-5-13(12)18-14/h2-7H,16H2,1H3. The maximum atomic E-state index is 13.3. The third-order valence-electron chi connectivity index (χ3n) is 2.84. The summed E-state index contributed by atoms with van der Waals surface area (Å²) in [6.45, 7) is 1.89. The van der Waals surface area contributed by atoms with E-state index in [2.05, 4.69) is 4.98 Å². The van der Waals surface area contributed by atoms with Gasteiger partial charge in [0, 0.05) is 11.3 Å². The minimum atomic E-state index is -0.308. The molecule has 0 radical (unpaired) electrons. The van der Waals surface area contributed by atoms with Gasteiger partial charge in [-0.3, -0.25) is 0 Å². The molecule has 2 N–H and O–H groups in total. The molecule has 0 spiro atoms. The van der Waals surface area contributed by atoms with E-state index in [0.717, 1.165) is 5.56 Å². The van der Waals surface area contributed by atoms with E-state index >= 15 is 0 Å². The number of hydrogen-bond donors (Lipinski definition) is 1. The molecule has 1 aromatic heterocycles. The summed E-state index contributed by atoms with van der Waals surface area (Å²) in [5.74, 6) is 0.102. The smallest absolute Gasteiger partial charge is 0.227 e. The van der Waals surface area contributed by atoms with Crippen molar-refractivity contribution in [1.82, 2.24) is 4.98 Å². The summed E-state index contributed by atoms with van der Waals surface area (Å²) in [7, 11) is 0. The molecule has 0 saturated carbocycles. The van der Waals surface area contributed by atoms with Gasteiger partial charge in [-0.2, -0.15) is 0 Å². The van der Waals surface area contributed by atoms with Crippen molar-refractivity contribution in [3.8, 4) is 11.5 Å². The quantitative estimate of drug-likeness (QED) is 0.664. The molecular formula is C14H11FN2O. The van der Waals surface area contributed by atoms with Crippen molar-refractivity contribution < 1.29 is 8.81 Å². The third kappa shape index (κ3) is 1.72. The molecule has 0 aliphatic rings. The van der Waals surface area contributed by atoms with Crippen molar-refractivity contribution in [1.29, 1.82) is 0 Å². The number of nitrogens with zero attached hydrogens (tertiary/aromatic N) is 1. The average molecular weight is 242 g/mol. The van der Waals surface area contributed by atoms with Gasteiger partial charge >= 0.3 is 0 Å². The lowest BCUT2D eigenvalue weighted by Crippen LogP contribution is -1.85. The minimum absolute atomic E-state index is 0.308. The van der Waals surface area contributed by atoms with Gasteiger partial charge in [-0.05, 0) is 42.8 Å². The number of oxazole rings is 1. The molecule has 90 valence electrons. The summed E-state index contributed by atoms with van der Waals surface area (Å²) in [6.07, 6.45) is 0. The second kappa shape index (κ2) is 3.84. The number of nitrogen functional groups attached to an aromatic ring is 1. The molecule has 3 nitrogen and oxygen atoms in total. The third-order valence-corrected chi connectivity index (χ3v) is 2.84. The van der Waals surface area contributed by atoms with Crippen molar-refractivity contribution in [2.75, 3.05) is 5.73 Å². The van der Waals surface area contributed by atoms with Crippen molar-refractivity contribution >= 4 is 16.8 Å². The van der Waals surface area contributed by atoms with Gasteiger partial charge in [-0.25, -0.2) is 9.37 Å². The minimum Gasteiger partial charge on any atom is -0.436 e. The normalized spacial score (nSPS) is 11.0. The Hall–Kier alpha value is -2.36. The van der Waals surface area contributed by atoms with E-state index in [1.54, 1.807) is 24.3 Å². The van der Waals surface area contributed by atoms with Gasteiger partial charge in [0.25, 0.3) is 0 Å². The van der Waals surface area contributed by atoms with Gasteiger partial charge in [-0.1, -0.05) is 6.07 Å². The van der Waals surface area contributed by atoms with Crippen LogP contribution >= 0.6 is 0 Å². The number of aromatic nitrogens is 1. The van der Waals surface area contributed by atoms with Crippen LogP contribution in [0.5, 0.6) is 0 Å². The van der Waals surface area contributed by atoms with E-state index in [4.69, 9.17) is 10.2 Å². The highest BCUT2D eigenvalue weighted by Crippen LogP contribution is 2.28. The first-order valence-electron chi connectivity index (χ1n) is 5.56. The summed E-state index contributed by atoms with van der Waals surface area (Å²) < 4.78 is 18.9. The maximum Gasteiger partial charge on any atom is 0.227 e. The summed E-state index contributed by atoms with van der Waals surface area (Å²) >= 11 is 0. The van der Waals surface area contributed by atoms with Crippen LogP contribution in [0.25, 0.3) is 22.6 Å². The van der Waals surface area contributed by atoms with Gasteiger partial charge in [0.15, 0.2) is 5.58 Å². The highest BCUT2D eigenvalue weighted by atomic mass is 19.1. The van der Waals surface area contributed by atoms with Gasteiger partial charge in [0.05, 0.1) is 0 Å². The van der Waals surface area contributed by atoms with Crippen LogP contribution in [-0.2, 0) is 0 Å². The SMILES string of the molecule is Cc1ccc(F)cc1-c1nc2cc(N)ccc2o1. The van der Waals surface area contributed by atoms with E-state index < -0.39 is 0 Å². The molecule has 0 aliphatic heterocycles. The van der Waals surface area contributed by atoms with Gasteiger partial charge in [0.2, 0.25) is 5.89 Å². The van der Waals surface area contributed by atoms with Crippen LogP contribution in [0, 0.1) is 12.7 Å². The molecule has 0 unspecified atom stereocenters. The zero-order chi connectivity index (χ0) is 12.7. The molecule has 18 heavy (non-hydrogen) atoms. The highest BCUT2D eigenvalue weighted by Gasteiger charge is 2.11. The highest BCUT2D eigenvalue weighted by molar-refractivity contribution is 5.79. The molecule has 3 aromatic rings. The monoisotopic (exact) mass is 242 g/mol. The van der Waals surface area contributed by atoms with Crippen LogP contribution in [-0.4, -0.2) is 4.98 Å². The Bertz CT molecular complexity index is 734. The molecule has 0 saturated heterocycles. The summed E-state index contributed by atoms with van der Waals surface area (Å²) in [5.41, 5.74) is 9.19. The Kier molecular flexibility index (Phi) is 2.30. The fourth-order valence-corrected chi connectivity index (χ4v) is 1.88. The topological polar surface area (TPSA) is 52.0 Å². The predicted octanol–water partition coefficient (Wildman–Crippen LogP) is 3.52. The van der Waals surface area contributed by atoms with Crippen molar-refractivity contribution in [3.05, 3.63) is 47.8 Å². The van der Waals surface area contributed by atoms with Crippen LogP contribution in [0.15, 0.2) is 40.8 Å².